The lowest BCUT2D eigenvalue weighted by Gasteiger charge is -2.06. The van der Waals surface area contributed by atoms with Crippen LogP contribution in [0.2, 0.25) is 0 Å². The van der Waals surface area contributed by atoms with Gasteiger partial charge in [-0.3, -0.25) is 4.79 Å². The van der Waals surface area contributed by atoms with E-state index in [2.05, 4.69) is 26.5 Å². The number of amides is 1. The van der Waals surface area contributed by atoms with Crippen molar-refractivity contribution in [2.24, 2.45) is 5.10 Å². The topological polar surface area (TPSA) is 65.2 Å². The smallest absolute Gasteiger partial charge is 0.261 e. The van der Waals surface area contributed by atoms with Crippen LogP contribution in [0, 0.1) is 11.3 Å². The Morgan fingerprint density at radius 3 is 2.48 bits per heavy atom. The molecule has 0 saturated carbocycles. The van der Waals surface area contributed by atoms with E-state index in [1.165, 1.54) is 6.21 Å². The van der Waals surface area contributed by atoms with E-state index in [0.717, 1.165) is 10.0 Å². The Morgan fingerprint density at radius 2 is 1.86 bits per heavy atom. The summed E-state index contributed by atoms with van der Waals surface area (Å²) in [5.74, 6) is -1.31. The van der Waals surface area contributed by atoms with Gasteiger partial charge in [-0.1, -0.05) is 58.4 Å². The van der Waals surface area contributed by atoms with Crippen molar-refractivity contribution < 1.29 is 4.79 Å². The number of hydrogen-bond acceptors (Lipinski definition) is 3. The van der Waals surface area contributed by atoms with Gasteiger partial charge in [0.2, 0.25) is 0 Å². The average Bonchev–Trinajstić information content (AvgIpc) is 2.51. The number of nitrogens with one attached hydrogen (secondary N) is 1. The molecule has 0 radical (unpaired) electrons. The van der Waals surface area contributed by atoms with Gasteiger partial charge in [0, 0.05) is 4.47 Å². The Morgan fingerprint density at radius 1 is 1.19 bits per heavy atom. The zero-order valence-electron chi connectivity index (χ0n) is 11.0. The molecule has 0 unspecified atom stereocenters. The van der Waals surface area contributed by atoms with Crippen molar-refractivity contribution in [1.82, 2.24) is 5.43 Å². The van der Waals surface area contributed by atoms with Crippen LogP contribution < -0.4 is 5.43 Å². The molecule has 2 rings (SSSR count). The minimum absolute atomic E-state index is 0.447. The van der Waals surface area contributed by atoms with Crippen LogP contribution in [0.15, 0.2) is 64.2 Å². The first-order valence-electron chi connectivity index (χ1n) is 6.24. The Bertz CT molecular complexity index is 675. The fourth-order valence-electron chi connectivity index (χ4n) is 1.71. The van der Waals surface area contributed by atoms with Crippen molar-refractivity contribution in [3.8, 4) is 6.07 Å². The van der Waals surface area contributed by atoms with E-state index in [1.54, 1.807) is 24.3 Å². The highest BCUT2D eigenvalue weighted by Gasteiger charge is 2.19. The standard InChI is InChI=1S/C16H12BrN3O/c17-14-8-6-12(7-9-14)11-19-20-16(21)15(10-18)13-4-2-1-3-5-13/h1-9,11,15H,(H,20,21)/b19-11-/t15-/m0/s1. The van der Waals surface area contributed by atoms with Crippen LogP contribution in [0.5, 0.6) is 0 Å². The van der Waals surface area contributed by atoms with Crippen LogP contribution >= 0.6 is 15.9 Å². The summed E-state index contributed by atoms with van der Waals surface area (Å²) in [5, 5.41) is 13.0. The van der Waals surface area contributed by atoms with Gasteiger partial charge >= 0.3 is 0 Å². The second-order valence-electron chi connectivity index (χ2n) is 4.26. The molecule has 1 atom stereocenters. The Hall–Kier alpha value is -2.45. The van der Waals surface area contributed by atoms with Crippen molar-refractivity contribution >= 4 is 28.1 Å². The molecule has 0 aromatic heterocycles. The van der Waals surface area contributed by atoms with Gasteiger partial charge in [0.15, 0.2) is 5.92 Å². The first-order valence-corrected chi connectivity index (χ1v) is 7.03. The number of benzene rings is 2. The van der Waals surface area contributed by atoms with Crippen LogP contribution in [-0.2, 0) is 4.79 Å². The molecule has 0 fully saturated rings. The monoisotopic (exact) mass is 341 g/mol. The van der Waals surface area contributed by atoms with Gasteiger partial charge in [0.25, 0.3) is 5.91 Å². The Balaban J connectivity index is 2.01. The zero-order chi connectivity index (χ0) is 15.1. The molecule has 0 saturated heterocycles. The highest BCUT2D eigenvalue weighted by molar-refractivity contribution is 9.10. The number of hydrazone groups is 1. The van der Waals surface area contributed by atoms with Crippen molar-refractivity contribution in [3.63, 3.8) is 0 Å². The highest BCUT2D eigenvalue weighted by Crippen LogP contribution is 2.14. The van der Waals surface area contributed by atoms with Crippen LogP contribution in [0.4, 0.5) is 0 Å². The number of hydrogen-bond donors (Lipinski definition) is 1. The molecule has 0 bridgehead atoms. The maximum absolute atomic E-state index is 12.0. The molecule has 0 aliphatic heterocycles. The van der Waals surface area contributed by atoms with Gasteiger partial charge in [-0.05, 0) is 23.3 Å². The molecule has 2 aromatic rings. The summed E-state index contributed by atoms with van der Waals surface area (Å²) < 4.78 is 0.970. The fourth-order valence-corrected chi connectivity index (χ4v) is 1.98. The van der Waals surface area contributed by atoms with Crippen molar-refractivity contribution in [2.45, 2.75) is 5.92 Å². The number of nitrogens with zero attached hydrogens (tertiary/aromatic N) is 2. The summed E-state index contributed by atoms with van der Waals surface area (Å²) in [6.45, 7) is 0. The summed E-state index contributed by atoms with van der Waals surface area (Å²) in [6.07, 6.45) is 1.53. The summed E-state index contributed by atoms with van der Waals surface area (Å²) in [7, 11) is 0. The number of carbonyl (C=O) groups is 1. The third kappa shape index (κ3) is 4.26. The van der Waals surface area contributed by atoms with Gasteiger partial charge in [-0.2, -0.15) is 10.4 Å². The van der Waals surface area contributed by atoms with Crippen LogP contribution in [-0.4, -0.2) is 12.1 Å². The van der Waals surface area contributed by atoms with E-state index in [1.807, 2.05) is 36.4 Å². The minimum Gasteiger partial charge on any atom is -0.271 e. The number of halogens is 1. The zero-order valence-corrected chi connectivity index (χ0v) is 12.6. The quantitative estimate of drug-likeness (QED) is 0.685. The maximum Gasteiger partial charge on any atom is 0.261 e. The van der Waals surface area contributed by atoms with Gasteiger partial charge in [0.05, 0.1) is 12.3 Å². The molecule has 0 aliphatic rings. The largest absolute Gasteiger partial charge is 0.271 e. The van der Waals surface area contributed by atoms with Crippen molar-refractivity contribution in [1.29, 1.82) is 5.26 Å². The maximum atomic E-state index is 12.0. The third-order valence-corrected chi connectivity index (χ3v) is 3.31. The first kappa shape index (κ1) is 14.9. The van der Waals surface area contributed by atoms with E-state index >= 15 is 0 Å². The second-order valence-corrected chi connectivity index (χ2v) is 5.17. The van der Waals surface area contributed by atoms with E-state index < -0.39 is 11.8 Å². The molecule has 0 spiro atoms. The normalized spacial score (nSPS) is 11.8. The predicted molar refractivity (Wildman–Crippen MR) is 84.7 cm³/mol. The van der Waals surface area contributed by atoms with E-state index in [-0.39, 0.29) is 0 Å². The molecule has 1 amide bonds. The Labute approximate surface area is 131 Å². The van der Waals surface area contributed by atoms with E-state index in [0.29, 0.717) is 5.56 Å². The number of nitriles is 1. The van der Waals surface area contributed by atoms with Crippen LogP contribution in [0.25, 0.3) is 0 Å². The molecule has 0 aliphatic carbocycles. The lowest BCUT2D eigenvalue weighted by atomic mass is 10.0. The van der Waals surface area contributed by atoms with Crippen molar-refractivity contribution in [2.75, 3.05) is 0 Å². The van der Waals surface area contributed by atoms with Gasteiger partial charge in [-0.15, -0.1) is 0 Å². The highest BCUT2D eigenvalue weighted by atomic mass is 79.9. The van der Waals surface area contributed by atoms with Crippen LogP contribution in [0.1, 0.15) is 17.0 Å². The lowest BCUT2D eigenvalue weighted by Crippen LogP contribution is -2.24. The Kier molecular flexibility index (Phi) is 5.24. The fraction of sp³-hybridized carbons (Fsp3) is 0.0625. The average molecular weight is 342 g/mol. The summed E-state index contributed by atoms with van der Waals surface area (Å²) >= 11 is 3.34. The molecule has 5 heteroatoms. The number of carbonyl (C=O) groups excluding carboxylic acids is 1. The molecule has 104 valence electrons. The molecular formula is C16H12BrN3O. The van der Waals surface area contributed by atoms with Gasteiger partial charge in [-0.25, -0.2) is 5.43 Å². The minimum atomic E-state index is -0.867. The van der Waals surface area contributed by atoms with Gasteiger partial charge < -0.3 is 0 Å². The lowest BCUT2D eigenvalue weighted by molar-refractivity contribution is -0.121. The second kappa shape index (κ2) is 7.36. The first-order chi connectivity index (χ1) is 10.2. The molecule has 21 heavy (non-hydrogen) atoms. The SMILES string of the molecule is N#C[C@H](C(=O)N/N=C\c1ccc(Br)cc1)c1ccccc1. The third-order valence-electron chi connectivity index (χ3n) is 2.78. The summed E-state index contributed by atoms with van der Waals surface area (Å²) in [6, 6.07) is 18.4. The van der Waals surface area contributed by atoms with E-state index in [4.69, 9.17) is 5.26 Å². The molecule has 2 aromatic carbocycles. The molecule has 1 N–H and O–H groups in total. The molecular weight excluding hydrogens is 330 g/mol. The van der Waals surface area contributed by atoms with Gasteiger partial charge in [0.1, 0.15) is 0 Å². The number of rotatable bonds is 4. The van der Waals surface area contributed by atoms with Crippen molar-refractivity contribution in [3.05, 3.63) is 70.2 Å². The predicted octanol–water partition coefficient (Wildman–Crippen LogP) is 3.21. The molecule has 4 nitrogen and oxygen atoms in total. The summed E-state index contributed by atoms with van der Waals surface area (Å²) in [5.41, 5.74) is 3.89. The van der Waals surface area contributed by atoms with E-state index in [9.17, 15) is 4.79 Å². The summed E-state index contributed by atoms with van der Waals surface area (Å²) in [4.78, 5) is 12.0. The molecule has 0 heterocycles. The van der Waals surface area contributed by atoms with Crippen LogP contribution in [0.3, 0.4) is 0 Å².